The first kappa shape index (κ1) is 15.7. The highest BCUT2D eigenvalue weighted by atomic mass is 35.5. The molecule has 7 heteroatoms. The molecule has 0 atom stereocenters. The van der Waals surface area contributed by atoms with Crippen molar-refractivity contribution in [2.75, 3.05) is 4.90 Å². The lowest BCUT2D eigenvalue weighted by Crippen LogP contribution is -2.36. The molecule has 0 N–H and O–H groups in total. The summed E-state index contributed by atoms with van der Waals surface area (Å²) < 4.78 is 5.87. The number of pyridine rings is 1. The van der Waals surface area contributed by atoms with Gasteiger partial charge in [-0.05, 0) is 32.9 Å². The molecule has 0 fully saturated rings. The Kier molecular flexibility index (Phi) is 4.80. The molecule has 0 aliphatic rings. The number of thiazole rings is 1. The molecule has 0 aromatic carbocycles. The van der Waals surface area contributed by atoms with Gasteiger partial charge in [-0.1, -0.05) is 17.7 Å². The second-order valence-corrected chi connectivity index (χ2v) is 7.03. The zero-order valence-corrected chi connectivity index (χ0v) is 13.6. The fourth-order valence-corrected chi connectivity index (χ4v) is 2.55. The number of rotatable bonds is 3. The number of hydrogen-bond donors (Lipinski definition) is 0. The summed E-state index contributed by atoms with van der Waals surface area (Å²) >= 11 is 7.16. The van der Waals surface area contributed by atoms with E-state index in [4.69, 9.17) is 16.3 Å². The maximum Gasteiger partial charge on any atom is 0.416 e. The Morgan fingerprint density at radius 3 is 2.67 bits per heavy atom. The van der Waals surface area contributed by atoms with E-state index in [-0.39, 0.29) is 0 Å². The van der Waals surface area contributed by atoms with Crippen LogP contribution in [0.2, 0.25) is 4.47 Å². The molecule has 0 bridgehead atoms. The van der Waals surface area contributed by atoms with Crippen molar-refractivity contribution < 1.29 is 9.53 Å². The number of nitrogens with zero attached hydrogens (tertiary/aromatic N) is 3. The van der Waals surface area contributed by atoms with Gasteiger partial charge in [0.15, 0.2) is 4.47 Å². The monoisotopic (exact) mass is 325 g/mol. The number of anilines is 1. The van der Waals surface area contributed by atoms with E-state index >= 15 is 0 Å². The van der Waals surface area contributed by atoms with E-state index in [1.165, 1.54) is 16.2 Å². The molecule has 2 aromatic rings. The van der Waals surface area contributed by atoms with E-state index in [0.717, 1.165) is 4.88 Å². The Bertz CT molecular complexity index is 610. The van der Waals surface area contributed by atoms with Gasteiger partial charge in [-0.15, -0.1) is 11.3 Å². The number of carbonyl (C=O) groups excluding carboxylic acids is 1. The zero-order chi connectivity index (χ0) is 15.5. The van der Waals surface area contributed by atoms with Crippen LogP contribution < -0.4 is 4.90 Å². The minimum Gasteiger partial charge on any atom is -0.443 e. The average molecular weight is 326 g/mol. The minimum atomic E-state index is -0.574. The molecule has 0 saturated carbocycles. The third-order valence-corrected chi connectivity index (χ3v) is 3.48. The first-order valence-electron chi connectivity index (χ1n) is 6.37. The van der Waals surface area contributed by atoms with E-state index in [2.05, 4.69) is 9.97 Å². The summed E-state index contributed by atoms with van der Waals surface area (Å²) in [5, 5.41) is 0. The molecule has 0 unspecified atom stereocenters. The molecule has 21 heavy (non-hydrogen) atoms. The Balaban J connectivity index is 2.24. The summed E-state index contributed by atoms with van der Waals surface area (Å²) in [5.74, 6) is 0.524. The van der Waals surface area contributed by atoms with Gasteiger partial charge in [-0.2, -0.15) is 0 Å². The van der Waals surface area contributed by atoms with Crippen LogP contribution >= 0.6 is 22.9 Å². The molecular weight excluding hydrogens is 310 g/mol. The van der Waals surface area contributed by atoms with Crippen LogP contribution in [0, 0.1) is 0 Å². The number of carbonyl (C=O) groups is 1. The fourth-order valence-electron chi connectivity index (χ4n) is 1.58. The van der Waals surface area contributed by atoms with E-state index in [9.17, 15) is 4.79 Å². The second-order valence-electron chi connectivity index (χ2n) is 5.33. The maximum absolute atomic E-state index is 12.4. The third kappa shape index (κ3) is 4.68. The quantitative estimate of drug-likeness (QED) is 0.851. The second kappa shape index (κ2) is 6.41. The van der Waals surface area contributed by atoms with Gasteiger partial charge < -0.3 is 4.74 Å². The van der Waals surface area contributed by atoms with Crippen LogP contribution in [0.15, 0.2) is 30.6 Å². The number of hydrogen-bond acceptors (Lipinski definition) is 5. The molecule has 2 rings (SSSR count). The summed E-state index contributed by atoms with van der Waals surface area (Å²) in [6.45, 7) is 5.79. The van der Waals surface area contributed by atoms with Gasteiger partial charge >= 0.3 is 6.09 Å². The van der Waals surface area contributed by atoms with Crippen molar-refractivity contribution in [2.24, 2.45) is 0 Å². The Hall–Kier alpha value is -1.66. The van der Waals surface area contributed by atoms with Gasteiger partial charge in [0.05, 0.1) is 6.54 Å². The van der Waals surface area contributed by atoms with Gasteiger partial charge in [0.25, 0.3) is 0 Å². The number of amides is 1. The zero-order valence-electron chi connectivity index (χ0n) is 12.0. The SMILES string of the molecule is CC(C)(C)OC(=O)N(Cc1cnc(Cl)s1)c1ccccn1. The highest BCUT2D eigenvalue weighted by molar-refractivity contribution is 7.15. The van der Waals surface area contributed by atoms with Gasteiger partial charge in [-0.3, -0.25) is 4.90 Å². The van der Waals surface area contributed by atoms with E-state index in [0.29, 0.717) is 16.8 Å². The van der Waals surface area contributed by atoms with E-state index in [1.54, 1.807) is 24.5 Å². The molecule has 0 saturated heterocycles. The highest BCUT2D eigenvalue weighted by Crippen LogP contribution is 2.23. The van der Waals surface area contributed by atoms with Crippen molar-refractivity contribution in [3.63, 3.8) is 0 Å². The van der Waals surface area contributed by atoms with Gasteiger partial charge in [0.1, 0.15) is 11.4 Å². The fraction of sp³-hybridized carbons (Fsp3) is 0.357. The van der Waals surface area contributed by atoms with Crippen molar-refractivity contribution in [3.8, 4) is 0 Å². The van der Waals surface area contributed by atoms with Crippen molar-refractivity contribution in [2.45, 2.75) is 32.9 Å². The first-order valence-corrected chi connectivity index (χ1v) is 7.56. The molecule has 5 nitrogen and oxygen atoms in total. The molecule has 0 radical (unpaired) electrons. The van der Waals surface area contributed by atoms with Crippen LogP contribution in [0.5, 0.6) is 0 Å². The van der Waals surface area contributed by atoms with Gasteiger partial charge in [0, 0.05) is 17.3 Å². The highest BCUT2D eigenvalue weighted by Gasteiger charge is 2.24. The van der Waals surface area contributed by atoms with Crippen LogP contribution in [0.25, 0.3) is 0 Å². The van der Waals surface area contributed by atoms with E-state index < -0.39 is 11.7 Å². The number of halogens is 1. The average Bonchev–Trinajstić information content (AvgIpc) is 2.80. The number of ether oxygens (including phenoxy) is 1. The summed E-state index contributed by atoms with van der Waals surface area (Å²) in [6.07, 6.45) is 2.82. The molecule has 2 aromatic heterocycles. The predicted octanol–water partition coefficient (Wildman–Crippen LogP) is 4.13. The minimum absolute atomic E-state index is 0.316. The normalized spacial score (nSPS) is 11.2. The standard InChI is InChI=1S/C14H16ClN3O2S/c1-14(2,3)20-13(19)18(11-6-4-5-7-16-11)9-10-8-17-12(15)21-10/h4-8H,9H2,1-3H3. The number of aromatic nitrogens is 2. The third-order valence-electron chi connectivity index (χ3n) is 2.38. The predicted molar refractivity (Wildman–Crippen MR) is 83.8 cm³/mol. The first-order chi connectivity index (χ1) is 9.85. The molecule has 0 spiro atoms. The molecular formula is C14H16ClN3O2S. The van der Waals surface area contributed by atoms with Gasteiger partial charge in [-0.25, -0.2) is 14.8 Å². The van der Waals surface area contributed by atoms with Crippen LogP contribution in [0.3, 0.4) is 0 Å². The van der Waals surface area contributed by atoms with Crippen molar-refractivity contribution >= 4 is 34.8 Å². The van der Waals surface area contributed by atoms with E-state index in [1.807, 2.05) is 26.8 Å². The Labute approximate surface area is 132 Å². The van der Waals surface area contributed by atoms with Crippen LogP contribution in [-0.4, -0.2) is 21.7 Å². The Morgan fingerprint density at radius 1 is 1.38 bits per heavy atom. The van der Waals surface area contributed by atoms with Crippen molar-refractivity contribution in [1.29, 1.82) is 0 Å². The molecule has 0 aliphatic heterocycles. The largest absolute Gasteiger partial charge is 0.443 e. The lowest BCUT2D eigenvalue weighted by molar-refractivity contribution is 0.0576. The smallest absolute Gasteiger partial charge is 0.416 e. The molecule has 2 heterocycles. The summed E-state index contributed by atoms with van der Waals surface area (Å²) in [5.41, 5.74) is -0.574. The van der Waals surface area contributed by atoms with Gasteiger partial charge in [0.2, 0.25) is 0 Å². The topological polar surface area (TPSA) is 55.3 Å². The van der Waals surface area contributed by atoms with Crippen LogP contribution in [0.4, 0.5) is 10.6 Å². The molecule has 0 aliphatic carbocycles. The molecule has 112 valence electrons. The van der Waals surface area contributed by atoms with Crippen molar-refractivity contribution in [1.82, 2.24) is 9.97 Å². The summed E-state index contributed by atoms with van der Waals surface area (Å²) in [6, 6.07) is 5.37. The van der Waals surface area contributed by atoms with Crippen LogP contribution in [-0.2, 0) is 11.3 Å². The summed E-state index contributed by atoms with van der Waals surface area (Å²) in [4.78, 5) is 22.9. The van der Waals surface area contributed by atoms with Crippen molar-refractivity contribution in [3.05, 3.63) is 39.9 Å². The maximum atomic E-state index is 12.4. The lowest BCUT2D eigenvalue weighted by Gasteiger charge is -2.26. The Morgan fingerprint density at radius 2 is 2.14 bits per heavy atom. The molecule has 1 amide bonds. The lowest BCUT2D eigenvalue weighted by atomic mass is 10.2. The summed E-state index contributed by atoms with van der Waals surface area (Å²) in [7, 11) is 0. The van der Waals surface area contributed by atoms with Crippen LogP contribution in [0.1, 0.15) is 25.6 Å².